The smallest absolute Gasteiger partial charge is 0.387 e. The minimum atomic E-state index is -2.95. The second kappa shape index (κ2) is 6.19. The van der Waals surface area contributed by atoms with Crippen LogP contribution in [0.5, 0.6) is 5.75 Å². The minimum Gasteiger partial charge on any atom is -0.435 e. The first-order valence-corrected chi connectivity index (χ1v) is 6.72. The molecule has 0 spiro atoms. The third-order valence-electron chi connectivity index (χ3n) is 3.51. The highest BCUT2D eigenvalue weighted by Gasteiger charge is 2.48. The molecule has 0 aliphatic carbocycles. The molecule has 23 heavy (non-hydrogen) atoms. The van der Waals surface area contributed by atoms with Crippen molar-refractivity contribution in [2.45, 2.75) is 25.5 Å². The molecule has 3 N–H and O–H groups in total. The van der Waals surface area contributed by atoms with Crippen molar-refractivity contribution in [2.75, 3.05) is 6.54 Å². The molecule has 1 atom stereocenters. The van der Waals surface area contributed by atoms with Gasteiger partial charge in [-0.1, -0.05) is 12.1 Å². The number of primary amides is 1. The van der Waals surface area contributed by atoms with Crippen molar-refractivity contribution >= 4 is 17.8 Å². The Morgan fingerprint density at radius 3 is 2.48 bits per heavy atom. The van der Waals surface area contributed by atoms with Crippen LogP contribution in [-0.2, 0) is 15.1 Å². The Hall–Kier alpha value is -2.71. The lowest BCUT2D eigenvalue weighted by atomic mass is 9.92. The fourth-order valence-corrected chi connectivity index (χ4v) is 2.29. The van der Waals surface area contributed by atoms with Gasteiger partial charge in [-0.3, -0.25) is 14.5 Å². The van der Waals surface area contributed by atoms with Crippen molar-refractivity contribution in [3.63, 3.8) is 0 Å². The number of carbonyl (C=O) groups is 3. The standard InChI is InChI=1S/C14H15F2N3O4/c1-14(8-2-4-9(5-3-8)23-12(15)16)11(21)19(13(22)18-14)7-6-10(17)20/h2-5,12H,6-7H2,1H3,(H2,17,20)(H,18,22). The van der Waals surface area contributed by atoms with Gasteiger partial charge in [-0.15, -0.1) is 0 Å². The Balaban J connectivity index is 2.19. The SMILES string of the molecule is CC1(c2ccc(OC(F)F)cc2)NC(=O)N(CCC(N)=O)C1=O. The fourth-order valence-electron chi connectivity index (χ4n) is 2.29. The van der Waals surface area contributed by atoms with E-state index < -0.39 is 30.0 Å². The normalized spacial score (nSPS) is 20.8. The van der Waals surface area contributed by atoms with Gasteiger partial charge < -0.3 is 15.8 Å². The Kier molecular flexibility index (Phi) is 4.48. The topological polar surface area (TPSA) is 102 Å². The molecule has 1 aliphatic rings. The van der Waals surface area contributed by atoms with Gasteiger partial charge in [0.2, 0.25) is 5.91 Å². The first kappa shape index (κ1) is 16.7. The zero-order valence-electron chi connectivity index (χ0n) is 12.2. The summed E-state index contributed by atoms with van der Waals surface area (Å²) in [6.45, 7) is -1.59. The number of urea groups is 1. The number of nitrogens with two attached hydrogens (primary N) is 1. The lowest BCUT2D eigenvalue weighted by Crippen LogP contribution is -2.41. The highest BCUT2D eigenvalue weighted by Crippen LogP contribution is 2.30. The molecule has 0 aromatic heterocycles. The number of hydrogen-bond acceptors (Lipinski definition) is 4. The second-order valence-electron chi connectivity index (χ2n) is 5.13. The van der Waals surface area contributed by atoms with Gasteiger partial charge in [0, 0.05) is 13.0 Å². The number of nitrogens with one attached hydrogen (secondary N) is 1. The summed E-state index contributed by atoms with van der Waals surface area (Å²) >= 11 is 0. The average molecular weight is 327 g/mol. The van der Waals surface area contributed by atoms with Crippen LogP contribution >= 0.6 is 0 Å². The van der Waals surface area contributed by atoms with E-state index >= 15 is 0 Å². The highest BCUT2D eigenvalue weighted by atomic mass is 19.3. The molecule has 1 fully saturated rings. The van der Waals surface area contributed by atoms with E-state index in [4.69, 9.17) is 5.73 Å². The van der Waals surface area contributed by atoms with E-state index in [-0.39, 0.29) is 18.7 Å². The summed E-state index contributed by atoms with van der Waals surface area (Å²) in [6.07, 6.45) is -0.142. The molecule has 0 saturated carbocycles. The molecule has 9 heteroatoms. The molecule has 1 heterocycles. The lowest BCUT2D eigenvalue weighted by Gasteiger charge is -2.22. The molecule has 4 amide bonds. The largest absolute Gasteiger partial charge is 0.435 e. The van der Waals surface area contributed by atoms with Crippen LogP contribution in [0.3, 0.4) is 0 Å². The van der Waals surface area contributed by atoms with Crippen LogP contribution in [0.1, 0.15) is 18.9 Å². The number of ether oxygens (including phenoxy) is 1. The molecular weight excluding hydrogens is 312 g/mol. The van der Waals surface area contributed by atoms with E-state index in [2.05, 4.69) is 10.1 Å². The summed E-state index contributed by atoms with van der Waals surface area (Å²) in [5.41, 5.74) is 4.07. The monoisotopic (exact) mass is 327 g/mol. The van der Waals surface area contributed by atoms with Gasteiger partial charge in [0.05, 0.1) is 0 Å². The van der Waals surface area contributed by atoms with Crippen LogP contribution < -0.4 is 15.8 Å². The Bertz CT molecular complexity index is 635. The third kappa shape index (κ3) is 3.38. The number of hydrogen-bond donors (Lipinski definition) is 2. The van der Waals surface area contributed by atoms with Gasteiger partial charge in [0.1, 0.15) is 11.3 Å². The van der Waals surface area contributed by atoms with Crippen molar-refractivity contribution in [1.29, 1.82) is 0 Å². The van der Waals surface area contributed by atoms with E-state index in [0.717, 1.165) is 4.90 Å². The second-order valence-corrected chi connectivity index (χ2v) is 5.13. The zero-order chi connectivity index (χ0) is 17.2. The molecule has 0 radical (unpaired) electrons. The Morgan fingerprint density at radius 1 is 1.35 bits per heavy atom. The Morgan fingerprint density at radius 2 is 1.96 bits per heavy atom. The number of halogens is 2. The maximum absolute atomic E-state index is 12.5. The number of nitrogens with zero attached hydrogens (tertiary/aromatic N) is 1. The molecule has 2 rings (SSSR count). The number of rotatable bonds is 6. The summed E-state index contributed by atoms with van der Waals surface area (Å²) in [4.78, 5) is 36.1. The molecule has 1 aromatic carbocycles. The molecule has 0 bridgehead atoms. The van der Waals surface area contributed by atoms with Crippen LogP contribution in [0.4, 0.5) is 13.6 Å². The molecule has 7 nitrogen and oxygen atoms in total. The molecule has 1 saturated heterocycles. The van der Waals surface area contributed by atoms with Crippen molar-refractivity contribution in [3.05, 3.63) is 29.8 Å². The van der Waals surface area contributed by atoms with Gasteiger partial charge >= 0.3 is 12.6 Å². The van der Waals surface area contributed by atoms with Crippen molar-refractivity contribution in [2.24, 2.45) is 5.73 Å². The number of benzene rings is 1. The first-order chi connectivity index (χ1) is 10.7. The predicted octanol–water partition coefficient (Wildman–Crippen LogP) is 0.930. The van der Waals surface area contributed by atoms with Crippen LogP contribution in [0.15, 0.2) is 24.3 Å². The van der Waals surface area contributed by atoms with Crippen molar-refractivity contribution in [3.8, 4) is 5.75 Å². The van der Waals surface area contributed by atoms with Gasteiger partial charge in [-0.05, 0) is 24.6 Å². The molecular formula is C14H15F2N3O4. The van der Waals surface area contributed by atoms with E-state index in [9.17, 15) is 23.2 Å². The van der Waals surface area contributed by atoms with Crippen LogP contribution in [-0.4, -0.2) is 35.9 Å². The minimum absolute atomic E-state index is 0.0605. The summed E-state index contributed by atoms with van der Waals surface area (Å²) in [6, 6.07) is 4.73. The summed E-state index contributed by atoms with van der Waals surface area (Å²) in [5, 5.41) is 2.53. The van der Waals surface area contributed by atoms with E-state index in [1.54, 1.807) is 0 Å². The molecule has 1 aliphatic heterocycles. The first-order valence-electron chi connectivity index (χ1n) is 6.72. The summed E-state index contributed by atoms with van der Waals surface area (Å²) in [5.74, 6) is -1.24. The Labute approximate surface area is 130 Å². The maximum atomic E-state index is 12.5. The maximum Gasteiger partial charge on any atom is 0.387 e. The lowest BCUT2D eigenvalue weighted by molar-refractivity contribution is -0.131. The predicted molar refractivity (Wildman–Crippen MR) is 74.5 cm³/mol. The van der Waals surface area contributed by atoms with E-state index in [0.29, 0.717) is 5.56 Å². The highest BCUT2D eigenvalue weighted by molar-refractivity contribution is 6.07. The number of amides is 4. The van der Waals surface area contributed by atoms with Gasteiger partial charge in [-0.25, -0.2) is 4.79 Å². The van der Waals surface area contributed by atoms with Crippen LogP contribution in [0.25, 0.3) is 0 Å². The third-order valence-corrected chi connectivity index (χ3v) is 3.51. The van der Waals surface area contributed by atoms with Gasteiger partial charge in [-0.2, -0.15) is 8.78 Å². The van der Waals surface area contributed by atoms with Gasteiger partial charge in [0.25, 0.3) is 5.91 Å². The van der Waals surface area contributed by atoms with Crippen molar-refractivity contribution < 1.29 is 27.9 Å². The summed E-state index contributed by atoms with van der Waals surface area (Å²) < 4.78 is 28.5. The van der Waals surface area contributed by atoms with Crippen molar-refractivity contribution in [1.82, 2.24) is 10.2 Å². The van der Waals surface area contributed by atoms with E-state index in [1.807, 2.05) is 0 Å². The zero-order valence-corrected chi connectivity index (χ0v) is 12.2. The number of carbonyl (C=O) groups excluding carboxylic acids is 3. The molecule has 1 aromatic rings. The average Bonchev–Trinajstić information content (AvgIpc) is 2.68. The number of alkyl halides is 2. The van der Waals surface area contributed by atoms with E-state index in [1.165, 1.54) is 31.2 Å². The summed E-state index contributed by atoms with van der Waals surface area (Å²) in [7, 11) is 0. The number of imide groups is 1. The quantitative estimate of drug-likeness (QED) is 0.759. The van der Waals surface area contributed by atoms with Gasteiger partial charge in [0.15, 0.2) is 0 Å². The van der Waals surface area contributed by atoms with Crippen LogP contribution in [0.2, 0.25) is 0 Å². The fraction of sp³-hybridized carbons (Fsp3) is 0.357. The molecule has 1 unspecified atom stereocenters. The molecule has 124 valence electrons. The van der Waals surface area contributed by atoms with Crippen LogP contribution in [0, 0.1) is 0 Å².